The van der Waals surface area contributed by atoms with Crippen LogP contribution in [0.5, 0.6) is 0 Å². The van der Waals surface area contributed by atoms with Crippen LogP contribution in [0.2, 0.25) is 0 Å². The van der Waals surface area contributed by atoms with E-state index in [9.17, 15) is 9.59 Å². The Morgan fingerprint density at radius 1 is 1.04 bits per heavy atom. The van der Waals surface area contributed by atoms with Crippen LogP contribution in [0.1, 0.15) is 32.1 Å². The molecule has 1 aromatic carbocycles. The second-order valence-electron chi connectivity index (χ2n) is 6.65. The number of hydrogen-bond donors (Lipinski definition) is 2. The molecule has 1 atom stereocenters. The second-order valence-corrected chi connectivity index (χ2v) is 6.65. The van der Waals surface area contributed by atoms with Crippen LogP contribution in [0.15, 0.2) is 36.4 Å². The van der Waals surface area contributed by atoms with E-state index in [1.165, 1.54) is 0 Å². The molecule has 3 rings (SSSR count). The summed E-state index contributed by atoms with van der Waals surface area (Å²) in [5.74, 6) is -0.0823. The summed E-state index contributed by atoms with van der Waals surface area (Å²) in [4.78, 5) is 26.1. The highest BCUT2D eigenvalue weighted by molar-refractivity contribution is 5.96. The van der Waals surface area contributed by atoms with E-state index < -0.39 is 0 Å². The van der Waals surface area contributed by atoms with Gasteiger partial charge in [-0.2, -0.15) is 0 Å². The van der Waals surface area contributed by atoms with Gasteiger partial charge in [0, 0.05) is 24.9 Å². The molecule has 5 heteroatoms. The number of nitrogens with two attached hydrogens (primary N) is 1. The maximum absolute atomic E-state index is 12.5. The van der Waals surface area contributed by atoms with Gasteiger partial charge in [0.1, 0.15) is 0 Å². The van der Waals surface area contributed by atoms with E-state index >= 15 is 0 Å². The van der Waals surface area contributed by atoms with Gasteiger partial charge in [-0.15, -0.1) is 0 Å². The van der Waals surface area contributed by atoms with Gasteiger partial charge in [-0.05, 0) is 44.2 Å². The molecule has 1 fully saturated rings. The van der Waals surface area contributed by atoms with Gasteiger partial charge in [-0.25, -0.2) is 0 Å². The minimum absolute atomic E-state index is 0.0305. The number of carbonyl (C=O) groups excluding carboxylic acids is 2. The topological polar surface area (TPSA) is 75.4 Å². The molecule has 128 valence electrons. The van der Waals surface area contributed by atoms with Crippen molar-refractivity contribution < 1.29 is 9.59 Å². The number of para-hydroxylation sites is 2. The van der Waals surface area contributed by atoms with E-state index in [2.05, 4.69) is 22.4 Å². The molecule has 5 nitrogen and oxygen atoms in total. The fraction of sp³-hybridized carbons (Fsp3) is 0.474. The average molecular weight is 327 g/mol. The van der Waals surface area contributed by atoms with E-state index in [0.717, 1.165) is 56.6 Å². The van der Waals surface area contributed by atoms with Gasteiger partial charge in [0.15, 0.2) is 0 Å². The zero-order chi connectivity index (χ0) is 16.9. The Morgan fingerprint density at radius 2 is 1.79 bits per heavy atom. The molecule has 0 aromatic heterocycles. The van der Waals surface area contributed by atoms with Crippen LogP contribution in [0.3, 0.4) is 0 Å². The fourth-order valence-corrected chi connectivity index (χ4v) is 3.53. The minimum atomic E-state index is -0.207. The predicted molar refractivity (Wildman–Crippen MR) is 95.7 cm³/mol. The number of nitrogens with zero attached hydrogens (tertiary/aromatic N) is 1. The summed E-state index contributed by atoms with van der Waals surface area (Å²) in [6, 6.07) is 7.90. The van der Waals surface area contributed by atoms with Crippen LogP contribution in [0.4, 0.5) is 11.4 Å². The smallest absolute Gasteiger partial charge is 0.227 e. The number of amides is 2. The van der Waals surface area contributed by atoms with Gasteiger partial charge in [-0.3, -0.25) is 9.59 Å². The van der Waals surface area contributed by atoms with Crippen molar-refractivity contribution in [2.24, 2.45) is 17.6 Å². The molecule has 1 heterocycles. The lowest BCUT2D eigenvalue weighted by atomic mass is 9.93. The second kappa shape index (κ2) is 7.51. The van der Waals surface area contributed by atoms with Gasteiger partial charge >= 0.3 is 0 Å². The third-order valence-electron chi connectivity index (χ3n) is 5.04. The first kappa shape index (κ1) is 16.6. The largest absolute Gasteiger partial charge is 0.370 e. The zero-order valence-corrected chi connectivity index (χ0v) is 13.9. The van der Waals surface area contributed by atoms with Crippen molar-refractivity contribution in [3.8, 4) is 0 Å². The van der Waals surface area contributed by atoms with E-state index in [1.54, 1.807) is 0 Å². The third kappa shape index (κ3) is 3.78. The fourth-order valence-electron chi connectivity index (χ4n) is 3.53. The van der Waals surface area contributed by atoms with Crippen LogP contribution in [-0.4, -0.2) is 24.9 Å². The summed E-state index contributed by atoms with van der Waals surface area (Å²) in [6.45, 7) is 1.57. The van der Waals surface area contributed by atoms with Crippen LogP contribution >= 0.6 is 0 Å². The van der Waals surface area contributed by atoms with Crippen LogP contribution in [0.25, 0.3) is 0 Å². The Bertz CT molecular complexity index is 633. The van der Waals surface area contributed by atoms with Gasteiger partial charge in [-0.1, -0.05) is 24.3 Å². The van der Waals surface area contributed by atoms with E-state index in [0.29, 0.717) is 0 Å². The van der Waals surface area contributed by atoms with E-state index in [-0.39, 0.29) is 23.7 Å². The third-order valence-corrected chi connectivity index (χ3v) is 5.04. The first-order chi connectivity index (χ1) is 11.6. The molecule has 0 unspecified atom stereocenters. The summed E-state index contributed by atoms with van der Waals surface area (Å²) in [6.07, 6.45) is 8.47. The molecular formula is C19H25N3O2. The summed E-state index contributed by atoms with van der Waals surface area (Å²) in [7, 11) is 0. The van der Waals surface area contributed by atoms with E-state index in [4.69, 9.17) is 5.73 Å². The lowest BCUT2D eigenvalue weighted by Gasteiger charge is -2.33. The number of carbonyl (C=O) groups is 2. The van der Waals surface area contributed by atoms with Crippen LogP contribution in [0, 0.1) is 11.8 Å². The van der Waals surface area contributed by atoms with Crippen molar-refractivity contribution in [1.82, 2.24) is 0 Å². The Hall–Kier alpha value is -2.30. The van der Waals surface area contributed by atoms with Gasteiger partial charge in [0.2, 0.25) is 11.8 Å². The lowest BCUT2D eigenvalue weighted by Crippen LogP contribution is -2.39. The highest BCUT2D eigenvalue weighted by Gasteiger charge is 2.25. The first-order valence-corrected chi connectivity index (χ1v) is 8.74. The molecule has 24 heavy (non-hydrogen) atoms. The molecular weight excluding hydrogens is 302 g/mol. The molecule has 2 aliphatic rings. The van der Waals surface area contributed by atoms with Crippen molar-refractivity contribution >= 4 is 23.2 Å². The molecule has 1 aliphatic carbocycles. The summed E-state index contributed by atoms with van der Waals surface area (Å²) < 4.78 is 0. The number of rotatable bonds is 4. The first-order valence-electron chi connectivity index (χ1n) is 8.74. The number of hydrogen-bond acceptors (Lipinski definition) is 3. The normalized spacial score (nSPS) is 21.5. The minimum Gasteiger partial charge on any atom is -0.370 e. The number of piperidine rings is 1. The maximum Gasteiger partial charge on any atom is 0.227 e. The SMILES string of the molecule is NC(=O)C1CCN(c2ccccc2NC(=O)[C@H]2CC=CCC2)CC1. The Kier molecular flexibility index (Phi) is 5.18. The zero-order valence-electron chi connectivity index (χ0n) is 13.9. The quantitative estimate of drug-likeness (QED) is 0.835. The summed E-state index contributed by atoms with van der Waals surface area (Å²) in [5, 5.41) is 3.11. The van der Waals surface area contributed by atoms with Gasteiger partial charge < -0.3 is 16.0 Å². The van der Waals surface area contributed by atoms with E-state index in [1.807, 2.05) is 24.3 Å². The standard InChI is InChI=1S/C19H25N3O2/c20-18(23)14-10-12-22(13-11-14)17-9-5-4-8-16(17)21-19(24)15-6-2-1-3-7-15/h1-2,4-5,8-9,14-15H,3,6-7,10-13H2,(H2,20,23)(H,21,24)/t15-/m0/s1. The molecule has 2 amide bonds. The number of allylic oxidation sites excluding steroid dienone is 2. The maximum atomic E-state index is 12.5. The summed E-state index contributed by atoms with van der Waals surface area (Å²) >= 11 is 0. The number of primary amides is 1. The molecule has 3 N–H and O–H groups in total. The Labute approximate surface area is 142 Å². The molecule has 0 spiro atoms. The number of anilines is 2. The number of benzene rings is 1. The summed E-state index contributed by atoms with van der Waals surface area (Å²) in [5.41, 5.74) is 7.29. The lowest BCUT2D eigenvalue weighted by molar-refractivity contribution is -0.122. The number of nitrogens with one attached hydrogen (secondary N) is 1. The predicted octanol–water partition coefficient (Wildman–Crippen LogP) is 2.68. The monoisotopic (exact) mass is 327 g/mol. The van der Waals surface area contributed by atoms with Crippen molar-refractivity contribution in [2.45, 2.75) is 32.1 Å². The van der Waals surface area contributed by atoms with Crippen molar-refractivity contribution in [3.63, 3.8) is 0 Å². The molecule has 1 saturated heterocycles. The van der Waals surface area contributed by atoms with Crippen molar-refractivity contribution in [2.75, 3.05) is 23.3 Å². The van der Waals surface area contributed by atoms with Crippen LogP contribution in [-0.2, 0) is 9.59 Å². The molecule has 0 bridgehead atoms. The molecule has 0 radical (unpaired) electrons. The van der Waals surface area contributed by atoms with Gasteiger partial charge in [0.05, 0.1) is 11.4 Å². The molecule has 1 aliphatic heterocycles. The molecule has 0 saturated carbocycles. The van der Waals surface area contributed by atoms with Gasteiger partial charge in [0.25, 0.3) is 0 Å². The molecule has 1 aromatic rings. The van der Waals surface area contributed by atoms with Crippen molar-refractivity contribution in [3.05, 3.63) is 36.4 Å². The Morgan fingerprint density at radius 3 is 2.46 bits per heavy atom. The highest BCUT2D eigenvalue weighted by atomic mass is 16.2. The van der Waals surface area contributed by atoms with Crippen LogP contribution < -0.4 is 16.0 Å². The highest BCUT2D eigenvalue weighted by Crippen LogP contribution is 2.31. The van der Waals surface area contributed by atoms with Crippen molar-refractivity contribution in [1.29, 1.82) is 0 Å². The Balaban J connectivity index is 1.68. The average Bonchev–Trinajstić information content (AvgIpc) is 2.63.